The molecule has 0 heterocycles. The molecule has 0 aromatic carbocycles. The predicted molar refractivity (Wildman–Crippen MR) is 36.7 cm³/mol. The van der Waals surface area contributed by atoms with Crippen LogP contribution in [0.15, 0.2) is 0 Å². The summed E-state index contributed by atoms with van der Waals surface area (Å²) in [4.78, 5) is 2.00. The summed E-state index contributed by atoms with van der Waals surface area (Å²) in [7, 11) is 0. The molecule has 0 aliphatic rings. The molecule has 0 saturated heterocycles. The molecule has 8 heavy (non-hydrogen) atoms. The van der Waals surface area contributed by atoms with Crippen molar-refractivity contribution < 1.29 is 0 Å². The van der Waals surface area contributed by atoms with Crippen LogP contribution in [0, 0.1) is 11.1 Å². The second kappa shape index (κ2) is 5.66. The molecule has 0 saturated carbocycles. The summed E-state index contributed by atoms with van der Waals surface area (Å²) < 4.78 is -0.472. The van der Waals surface area contributed by atoms with Crippen LogP contribution in [0.3, 0.4) is 0 Å². The van der Waals surface area contributed by atoms with Crippen LogP contribution in [0.4, 0.5) is 0 Å². The van der Waals surface area contributed by atoms with Crippen molar-refractivity contribution in [1.82, 2.24) is 4.91 Å². The van der Waals surface area contributed by atoms with Gasteiger partial charge in [0, 0.05) is 0 Å². The third kappa shape index (κ3) is 718. The summed E-state index contributed by atoms with van der Waals surface area (Å²) in [6.45, 7) is 7.16. The predicted octanol–water partition coefficient (Wildman–Crippen LogP) is 1.11. The average Bonchev–Trinajstić information content (AvgIpc) is 1.27. The summed E-state index contributed by atoms with van der Waals surface area (Å²) in [6, 6.07) is 0. The summed E-state index contributed by atoms with van der Waals surface area (Å²) in [5.41, 5.74) is 11.0. The molecule has 0 atom stereocenters. The topological polar surface area (TPSA) is 61.8 Å². The van der Waals surface area contributed by atoms with E-state index in [1.807, 2.05) is 4.91 Å². The standard InChI is InChI=1S/C3H9Si.H2N3.Na/c1-4(2)3;1-3-2;/h1-3H3;1-2H;/q;+1;. The van der Waals surface area contributed by atoms with Gasteiger partial charge < -0.3 is 0 Å². The zero-order valence-electron chi connectivity index (χ0n) is 5.95. The van der Waals surface area contributed by atoms with Crippen LogP contribution in [0.25, 0.3) is 0 Å². The average molecular weight is 140 g/mol. The summed E-state index contributed by atoms with van der Waals surface area (Å²) in [5.74, 6) is 0. The van der Waals surface area contributed by atoms with Crippen LogP contribution in [0.1, 0.15) is 0 Å². The van der Waals surface area contributed by atoms with Crippen LogP contribution < -0.4 is 4.91 Å². The van der Waals surface area contributed by atoms with Gasteiger partial charge in [-0.2, -0.15) is 0 Å². The first-order valence-corrected chi connectivity index (χ1v) is 9.45. The SMILES string of the molecule is C[Si](C)(C)[Na].N=[N+]=N. The maximum atomic E-state index is 5.50. The van der Waals surface area contributed by atoms with E-state index in [0.29, 0.717) is 0 Å². The molecule has 2 N–H and O–H groups in total. The Bertz CT molecular complexity index is 75.0. The van der Waals surface area contributed by atoms with Crippen molar-refractivity contribution in [3.63, 3.8) is 0 Å². The number of nitrogens with zero attached hydrogens (tertiary/aromatic N) is 1. The largest absolute Gasteiger partial charge is 0.211 e. The molecule has 0 radical (unpaired) electrons. The van der Waals surface area contributed by atoms with Crippen molar-refractivity contribution in [2.75, 3.05) is 0 Å². The molecule has 42 valence electrons. The van der Waals surface area contributed by atoms with Crippen molar-refractivity contribution in [1.29, 1.82) is 11.1 Å². The van der Waals surface area contributed by atoms with E-state index in [-0.39, 0.29) is 0 Å². The second-order valence-electron chi connectivity index (χ2n) is 3.11. The quantitative estimate of drug-likeness (QED) is 0.287. The van der Waals surface area contributed by atoms with E-state index < -0.39 is 4.63 Å². The van der Waals surface area contributed by atoms with Crippen molar-refractivity contribution in [3.8, 4) is 0 Å². The summed E-state index contributed by atoms with van der Waals surface area (Å²) >= 11 is 1.45. The molecule has 0 aromatic rings. The van der Waals surface area contributed by atoms with Crippen LogP contribution in [0.2, 0.25) is 19.6 Å². The zero-order valence-corrected chi connectivity index (χ0v) is 8.95. The van der Waals surface area contributed by atoms with Crippen molar-refractivity contribution in [2.24, 2.45) is 0 Å². The van der Waals surface area contributed by atoms with Gasteiger partial charge in [-0.3, -0.25) is 0 Å². The molecular formula is C3H11N3NaSi+. The molecule has 5 heteroatoms. The third-order valence-corrected chi connectivity index (χ3v) is 0. The third-order valence-electron chi connectivity index (χ3n) is 0. The molecule has 0 bridgehead atoms. The molecule has 0 unspecified atom stereocenters. The van der Waals surface area contributed by atoms with E-state index >= 15 is 0 Å². The van der Waals surface area contributed by atoms with E-state index in [1.165, 1.54) is 27.0 Å². The van der Waals surface area contributed by atoms with E-state index in [2.05, 4.69) is 19.6 Å². The number of hydrogen-bond donors (Lipinski definition) is 2. The van der Waals surface area contributed by atoms with Crippen LogP contribution in [-0.2, 0) is 0 Å². The van der Waals surface area contributed by atoms with Gasteiger partial charge in [0.2, 0.25) is 4.91 Å². The van der Waals surface area contributed by atoms with Crippen molar-refractivity contribution in [2.45, 2.75) is 19.6 Å². The molecular weight excluding hydrogens is 129 g/mol. The molecule has 0 aliphatic carbocycles. The van der Waals surface area contributed by atoms with Gasteiger partial charge in [0.25, 0.3) is 0 Å². The van der Waals surface area contributed by atoms with Gasteiger partial charge >= 0.3 is 51.3 Å². The van der Waals surface area contributed by atoms with Gasteiger partial charge in [0.1, 0.15) is 11.1 Å². The van der Waals surface area contributed by atoms with E-state index in [1.54, 1.807) is 0 Å². The van der Waals surface area contributed by atoms with E-state index in [4.69, 9.17) is 11.1 Å². The first-order chi connectivity index (χ1) is 3.41. The second-order valence-corrected chi connectivity index (χ2v) is 18.1. The molecule has 0 fully saturated rings. The Balaban J connectivity index is 0. The van der Waals surface area contributed by atoms with Crippen LogP contribution >= 0.6 is 0 Å². The zero-order chi connectivity index (χ0) is 7.21. The minimum Gasteiger partial charge on any atom is 0.103 e. The minimum absolute atomic E-state index is 0.472. The summed E-state index contributed by atoms with van der Waals surface area (Å²) in [5, 5.41) is 0. The number of nitrogens with one attached hydrogen (secondary N) is 2. The molecule has 3 nitrogen and oxygen atoms in total. The minimum atomic E-state index is -0.472. The van der Waals surface area contributed by atoms with Crippen LogP contribution in [0.5, 0.6) is 0 Å². The maximum absolute atomic E-state index is 5.50. The molecule has 0 rings (SSSR count). The Morgan fingerprint density at radius 2 is 1.25 bits per heavy atom. The van der Waals surface area contributed by atoms with Gasteiger partial charge in [-0.15, -0.1) is 0 Å². The molecule has 0 aliphatic heterocycles. The maximum Gasteiger partial charge on any atom is 0.211 e. The first kappa shape index (κ1) is 11.3. The number of hydrogen-bond acceptors (Lipinski definition) is 2. The van der Waals surface area contributed by atoms with Crippen molar-refractivity contribution >= 4 is 31.7 Å². The van der Waals surface area contributed by atoms with Crippen molar-refractivity contribution in [3.05, 3.63) is 0 Å². The first-order valence-electron chi connectivity index (χ1n) is 2.45. The molecule has 0 spiro atoms. The number of rotatable bonds is 0. The Labute approximate surface area is 67.1 Å². The van der Waals surface area contributed by atoms with Gasteiger partial charge in [-0.05, 0) is 0 Å². The Morgan fingerprint density at radius 3 is 1.25 bits per heavy atom. The van der Waals surface area contributed by atoms with E-state index in [9.17, 15) is 0 Å². The summed E-state index contributed by atoms with van der Waals surface area (Å²) in [6.07, 6.45) is 0. The van der Waals surface area contributed by atoms with Gasteiger partial charge in [-0.1, -0.05) is 0 Å². The van der Waals surface area contributed by atoms with Gasteiger partial charge in [0.05, 0.1) is 0 Å². The fourth-order valence-electron chi connectivity index (χ4n) is 0. The van der Waals surface area contributed by atoms with Gasteiger partial charge in [-0.25, -0.2) is 0 Å². The smallest absolute Gasteiger partial charge is 0.103 e. The van der Waals surface area contributed by atoms with Gasteiger partial charge in [0.15, 0.2) is 0 Å². The Kier molecular flexibility index (Phi) is 8.02. The molecule has 0 amide bonds. The Morgan fingerprint density at radius 1 is 1.25 bits per heavy atom. The molecule has 0 aromatic heterocycles. The fraction of sp³-hybridized carbons (Fsp3) is 1.00. The van der Waals surface area contributed by atoms with Crippen LogP contribution in [-0.4, -0.2) is 31.7 Å². The normalized spacial score (nSPS) is 8.62. The Hall–Kier alpha value is 0.527. The fourth-order valence-corrected chi connectivity index (χ4v) is 0. The monoisotopic (exact) mass is 140 g/mol. The van der Waals surface area contributed by atoms with E-state index in [0.717, 1.165) is 0 Å².